The van der Waals surface area contributed by atoms with E-state index in [9.17, 15) is 9.90 Å². The van der Waals surface area contributed by atoms with Crippen molar-refractivity contribution in [3.05, 3.63) is 35.9 Å². The number of carbonyl (C=O) groups excluding carboxylic acids is 1. The van der Waals surface area contributed by atoms with Crippen molar-refractivity contribution in [1.82, 2.24) is 4.90 Å². The van der Waals surface area contributed by atoms with Crippen LogP contribution < -0.4 is 0 Å². The van der Waals surface area contributed by atoms with Crippen molar-refractivity contribution in [1.29, 1.82) is 0 Å². The van der Waals surface area contributed by atoms with E-state index in [4.69, 9.17) is 9.47 Å². The molecule has 118 valence electrons. The number of ether oxygens (including phenoxy) is 2. The molecular formula is C17H21NO4. The van der Waals surface area contributed by atoms with Crippen LogP contribution in [0.1, 0.15) is 24.3 Å². The van der Waals surface area contributed by atoms with Crippen LogP contribution in [0, 0.1) is 0 Å². The van der Waals surface area contributed by atoms with E-state index in [0.717, 1.165) is 18.4 Å². The number of hydrogen-bond acceptors (Lipinski definition) is 5. The Morgan fingerprint density at radius 2 is 1.95 bits per heavy atom. The van der Waals surface area contributed by atoms with Gasteiger partial charge < -0.3 is 14.6 Å². The van der Waals surface area contributed by atoms with Gasteiger partial charge in [-0.2, -0.15) is 0 Å². The summed E-state index contributed by atoms with van der Waals surface area (Å²) in [5.41, 5.74) is 0.803. The summed E-state index contributed by atoms with van der Waals surface area (Å²) < 4.78 is 11.4. The second-order valence-corrected chi connectivity index (χ2v) is 6.54. The van der Waals surface area contributed by atoms with E-state index in [-0.39, 0.29) is 18.7 Å². The summed E-state index contributed by atoms with van der Waals surface area (Å²) in [5.74, 6) is -0.915. The van der Waals surface area contributed by atoms with Gasteiger partial charge in [0.2, 0.25) is 0 Å². The van der Waals surface area contributed by atoms with E-state index in [1.165, 1.54) is 0 Å². The van der Waals surface area contributed by atoms with Gasteiger partial charge in [0.1, 0.15) is 24.2 Å². The Hall–Kier alpha value is -1.43. The zero-order valence-electron chi connectivity index (χ0n) is 12.6. The summed E-state index contributed by atoms with van der Waals surface area (Å²) >= 11 is 0. The molecule has 0 unspecified atom stereocenters. The van der Waals surface area contributed by atoms with Gasteiger partial charge in [-0.3, -0.25) is 9.69 Å². The number of rotatable bonds is 4. The van der Waals surface area contributed by atoms with Crippen LogP contribution in [0.5, 0.6) is 0 Å². The maximum absolute atomic E-state index is 12.4. The van der Waals surface area contributed by atoms with Crippen LogP contribution in [0.15, 0.2) is 30.3 Å². The van der Waals surface area contributed by atoms with Gasteiger partial charge in [0.15, 0.2) is 0 Å². The lowest BCUT2D eigenvalue weighted by atomic mass is 9.97. The summed E-state index contributed by atoms with van der Waals surface area (Å²) in [4.78, 5) is 14.8. The average Bonchev–Trinajstić information content (AvgIpc) is 3.27. The molecule has 4 rings (SSSR count). The summed E-state index contributed by atoms with van der Waals surface area (Å²) in [6.45, 7) is -0.226. The van der Waals surface area contributed by atoms with Gasteiger partial charge in [0.05, 0.1) is 6.61 Å². The number of aliphatic hydroxyl groups excluding tert-OH is 1. The predicted octanol–water partition coefficient (Wildman–Crippen LogP) is 0.918. The topological polar surface area (TPSA) is 62.3 Å². The van der Waals surface area contributed by atoms with E-state index in [2.05, 4.69) is 11.9 Å². The smallest absolute Gasteiger partial charge is 0.316 e. The van der Waals surface area contributed by atoms with Crippen LogP contribution in [0.25, 0.3) is 0 Å². The number of nitrogens with zero attached hydrogens (tertiary/aromatic N) is 1. The van der Waals surface area contributed by atoms with E-state index in [1.807, 2.05) is 30.3 Å². The highest BCUT2D eigenvalue weighted by atomic mass is 16.6. The first kappa shape index (κ1) is 14.2. The molecule has 3 heterocycles. The number of epoxide rings is 1. The molecule has 1 N–H and O–H groups in total. The van der Waals surface area contributed by atoms with Gasteiger partial charge in [0, 0.05) is 24.9 Å². The number of morpholine rings is 1. The molecular weight excluding hydrogens is 282 g/mol. The fourth-order valence-electron chi connectivity index (χ4n) is 4.04. The molecule has 0 aromatic heterocycles. The number of likely N-dealkylation sites (N-methyl/N-ethyl adjacent to an activating group) is 1. The highest BCUT2D eigenvalue weighted by Gasteiger charge is 2.62. The van der Waals surface area contributed by atoms with Crippen LogP contribution in [-0.4, -0.2) is 60.0 Å². The highest BCUT2D eigenvalue weighted by molar-refractivity contribution is 5.78. The van der Waals surface area contributed by atoms with Crippen molar-refractivity contribution in [3.8, 4) is 0 Å². The third-order valence-corrected chi connectivity index (χ3v) is 5.33. The summed E-state index contributed by atoms with van der Waals surface area (Å²) in [6, 6.07) is 10.1. The summed E-state index contributed by atoms with van der Waals surface area (Å²) in [6.07, 6.45) is 2.26. The average molecular weight is 303 g/mol. The quantitative estimate of drug-likeness (QED) is 0.662. The molecule has 5 heteroatoms. The van der Waals surface area contributed by atoms with E-state index in [0.29, 0.717) is 24.3 Å². The lowest BCUT2D eigenvalue weighted by Gasteiger charge is -2.38. The second kappa shape index (κ2) is 5.33. The van der Waals surface area contributed by atoms with E-state index >= 15 is 0 Å². The lowest BCUT2D eigenvalue weighted by Crippen LogP contribution is -2.48. The first-order valence-corrected chi connectivity index (χ1v) is 7.92. The molecule has 0 aliphatic carbocycles. The molecule has 5 nitrogen and oxygen atoms in total. The van der Waals surface area contributed by atoms with Crippen LogP contribution in [0.4, 0.5) is 0 Å². The SMILES string of the molecule is CN1[C@@H]2CC(OC(=O)[C@H](CO)c3ccccc3)C[C@@H]1[C@H]1O[C@@H]12. The number of piperidine rings is 1. The largest absolute Gasteiger partial charge is 0.462 e. The minimum Gasteiger partial charge on any atom is -0.462 e. The molecule has 1 aromatic rings. The van der Waals surface area contributed by atoms with Crippen LogP contribution in [0.3, 0.4) is 0 Å². The lowest BCUT2D eigenvalue weighted by molar-refractivity contribution is -0.156. The van der Waals surface area contributed by atoms with Crippen molar-refractivity contribution in [2.24, 2.45) is 0 Å². The van der Waals surface area contributed by atoms with E-state index < -0.39 is 5.92 Å². The van der Waals surface area contributed by atoms with Gasteiger partial charge >= 0.3 is 5.97 Å². The van der Waals surface area contributed by atoms with E-state index in [1.54, 1.807) is 0 Å². The van der Waals surface area contributed by atoms with Crippen molar-refractivity contribution in [2.75, 3.05) is 13.7 Å². The minimum absolute atomic E-state index is 0.0622. The van der Waals surface area contributed by atoms with Crippen molar-refractivity contribution in [3.63, 3.8) is 0 Å². The molecule has 0 amide bonds. The number of fused-ring (bicyclic) bond motifs is 5. The maximum Gasteiger partial charge on any atom is 0.316 e. The van der Waals surface area contributed by atoms with Crippen LogP contribution in [0.2, 0.25) is 0 Å². The third kappa shape index (κ3) is 2.24. The molecule has 0 spiro atoms. The third-order valence-electron chi connectivity index (χ3n) is 5.33. The monoisotopic (exact) mass is 303 g/mol. The fourth-order valence-corrected chi connectivity index (χ4v) is 4.04. The van der Waals surface area contributed by atoms with Crippen LogP contribution >= 0.6 is 0 Å². The first-order chi connectivity index (χ1) is 10.7. The number of hydrogen-bond donors (Lipinski definition) is 1. The van der Waals surface area contributed by atoms with Gasteiger partial charge in [-0.15, -0.1) is 0 Å². The first-order valence-electron chi connectivity index (χ1n) is 7.92. The summed E-state index contributed by atoms with van der Waals surface area (Å²) in [5, 5.41) is 9.56. The Kier molecular flexibility index (Phi) is 3.44. The Labute approximate surface area is 129 Å². The predicted molar refractivity (Wildman–Crippen MR) is 79.4 cm³/mol. The fraction of sp³-hybridized carbons (Fsp3) is 0.588. The minimum atomic E-state index is -0.593. The van der Waals surface area contributed by atoms with Gasteiger partial charge in [-0.05, 0) is 12.6 Å². The molecule has 3 aliphatic rings. The second-order valence-electron chi connectivity index (χ2n) is 6.54. The van der Waals surface area contributed by atoms with Crippen LogP contribution in [-0.2, 0) is 14.3 Å². The van der Waals surface area contributed by atoms with Crippen molar-refractivity contribution >= 4 is 5.97 Å². The standard InChI is InChI=1S/C17H21NO4/c1-18-13-7-11(8-14(18)16-15(13)22-16)21-17(20)12(9-19)10-5-3-2-4-6-10/h2-6,11-16,19H,7-9H2,1H3/t12-,13-,14-,15-,16-/m1/s1. The maximum atomic E-state index is 12.4. The summed E-state index contributed by atoms with van der Waals surface area (Å²) in [7, 11) is 2.13. The zero-order chi connectivity index (χ0) is 15.3. The molecule has 0 radical (unpaired) electrons. The molecule has 22 heavy (non-hydrogen) atoms. The molecule has 3 aliphatic heterocycles. The number of esters is 1. The van der Waals surface area contributed by atoms with Gasteiger partial charge in [0.25, 0.3) is 0 Å². The number of benzene rings is 1. The van der Waals surface area contributed by atoms with Gasteiger partial charge in [-0.1, -0.05) is 30.3 Å². The Bertz CT molecular complexity index is 545. The van der Waals surface area contributed by atoms with Gasteiger partial charge in [-0.25, -0.2) is 0 Å². The normalized spacial score (nSPS) is 37.5. The number of carbonyl (C=O) groups is 1. The molecule has 1 aromatic carbocycles. The molecule has 3 fully saturated rings. The molecule has 3 saturated heterocycles. The van der Waals surface area contributed by atoms with Crippen molar-refractivity contribution < 1.29 is 19.4 Å². The number of aliphatic hydroxyl groups is 1. The Morgan fingerprint density at radius 3 is 2.55 bits per heavy atom. The Balaban J connectivity index is 1.42. The highest BCUT2D eigenvalue weighted by Crippen LogP contribution is 2.48. The molecule has 0 saturated carbocycles. The Morgan fingerprint density at radius 1 is 1.32 bits per heavy atom. The molecule has 2 bridgehead atoms. The zero-order valence-corrected chi connectivity index (χ0v) is 12.6. The molecule has 5 atom stereocenters. The van der Waals surface area contributed by atoms with Crippen molar-refractivity contribution in [2.45, 2.75) is 49.2 Å².